The zero-order valence-electron chi connectivity index (χ0n) is 7.79. The number of aliphatic hydroxyl groups is 1. The number of thiophene rings is 1. The number of nitrogens with one attached hydrogen (secondary N) is 1. The summed E-state index contributed by atoms with van der Waals surface area (Å²) < 4.78 is 1.09. The van der Waals surface area contributed by atoms with Gasteiger partial charge in [-0.1, -0.05) is 0 Å². The molecular weight excluding hydrogens is 266 g/mol. The maximum Gasteiger partial charge on any atom is 0.248 e. The van der Waals surface area contributed by atoms with E-state index in [1.54, 1.807) is 11.3 Å². The van der Waals surface area contributed by atoms with Gasteiger partial charge in [-0.25, -0.2) is 0 Å². The van der Waals surface area contributed by atoms with E-state index < -0.39 is 6.10 Å². The fourth-order valence-corrected chi connectivity index (χ4v) is 2.43. The molecule has 0 saturated carbocycles. The second-order valence-electron chi connectivity index (χ2n) is 2.92. The van der Waals surface area contributed by atoms with Crippen molar-refractivity contribution in [2.75, 3.05) is 6.54 Å². The Morgan fingerprint density at radius 2 is 2.43 bits per heavy atom. The Kier molecular flexibility index (Phi) is 4.57. The van der Waals surface area contributed by atoms with E-state index >= 15 is 0 Å². The van der Waals surface area contributed by atoms with Crippen molar-refractivity contribution in [2.24, 2.45) is 0 Å². The lowest BCUT2D eigenvalue weighted by atomic mass is 10.3. The third-order valence-electron chi connectivity index (χ3n) is 1.68. The number of hydrogen-bond donors (Lipinski definition) is 2. The zero-order chi connectivity index (χ0) is 10.6. The van der Waals surface area contributed by atoms with Gasteiger partial charge in [0.25, 0.3) is 0 Å². The van der Waals surface area contributed by atoms with Crippen molar-refractivity contribution >= 4 is 33.2 Å². The predicted molar refractivity (Wildman–Crippen MR) is 60.4 cm³/mol. The van der Waals surface area contributed by atoms with Gasteiger partial charge in [0, 0.05) is 11.4 Å². The predicted octanol–water partition coefficient (Wildman–Crippen LogP) is 1.55. The molecule has 1 aromatic rings. The second kappa shape index (κ2) is 5.48. The SMILES string of the molecule is CC(O)C(=O)NCCc1ccc(Br)s1. The van der Waals surface area contributed by atoms with Gasteiger partial charge in [-0.05, 0) is 41.4 Å². The molecule has 0 saturated heterocycles. The highest BCUT2D eigenvalue weighted by Crippen LogP contribution is 2.21. The van der Waals surface area contributed by atoms with Crippen LogP contribution in [0.1, 0.15) is 11.8 Å². The monoisotopic (exact) mass is 277 g/mol. The highest BCUT2D eigenvalue weighted by Gasteiger charge is 2.07. The summed E-state index contributed by atoms with van der Waals surface area (Å²) in [7, 11) is 0. The van der Waals surface area contributed by atoms with Crippen LogP contribution in [0.25, 0.3) is 0 Å². The van der Waals surface area contributed by atoms with Gasteiger partial charge in [0.2, 0.25) is 5.91 Å². The van der Waals surface area contributed by atoms with Crippen LogP contribution in [0.15, 0.2) is 15.9 Å². The maximum atomic E-state index is 11.0. The van der Waals surface area contributed by atoms with Crippen LogP contribution in [0.3, 0.4) is 0 Å². The van der Waals surface area contributed by atoms with Crippen LogP contribution in [0, 0.1) is 0 Å². The van der Waals surface area contributed by atoms with Crippen LogP contribution in [-0.2, 0) is 11.2 Å². The largest absolute Gasteiger partial charge is 0.384 e. The van der Waals surface area contributed by atoms with Crippen molar-refractivity contribution in [2.45, 2.75) is 19.4 Å². The summed E-state index contributed by atoms with van der Waals surface area (Å²) in [6, 6.07) is 4.00. The molecule has 1 unspecified atom stereocenters. The van der Waals surface area contributed by atoms with Crippen LogP contribution >= 0.6 is 27.3 Å². The molecule has 3 nitrogen and oxygen atoms in total. The fourth-order valence-electron chi connectivity index (χ4n) is 0.943. The Balaban J connectivity index is 2.25. The molecule has 1 rings (SSSR count). The van der Waals surface area contributed by atoms with Gasteiger partial charge in [-0.15, -0.1) is 11.3 Å². The summed E-state index contributed by atoms with van der Waals surface area (Å²) in [6.07, 6.45) is -0.126. The molecule has 14 heavy (non-hydrogen) atoms. The first kappa shape index (κ1) is 11.7. The molecule has 0 radical (unpaired) electrons. The summed E-state index contributed by atoms with van der Waals surface area (Å²) >= 11 is 5.02. The van der Waals surface area contributed by atoms with Gasteiger partial charge in [0.05, 0.1) is 3.79 Å². The lowest BCUT2D eigenvalue weighted by molar-refractivity contribution is -0.128. The Morgan fingerprint density at radius 3 is 2.93 bits per heavy atom. The van der Waals surface area contributed by atoms with E-state index in [9.17, 15) is 4.79 Å². The highest BCUT2D eigenvalue weighted by molar-refractivity contribution is 9.11. The van der Waals surface area contributed by atoms with Gasteiger partial charge in [-0.3, -0.25) is 4.79 Å². The van der Waals surface area contributed by atoms with Gasteiger partial charge in [0.1, 0.15) is 6.10 Å². The number of carbonyl (C=O) groups excluding carboxylic acids is 1. The number of aliphatic hydroxyl groups excluding tert-OH is 1. The van der Waals surface area contributed by atoms with Crippen molar-refractivity contribution < 1.29 is 9.90 Å². The molecular formula is C9H12BrNO2S. The van der Waals surface area contributed by atoms with Crippen molar-refractivity contribution in [1.29, 1.82) is 0 Å². The number of carbonyl (C=O) groups is 1. The summed E-state index contributed by atoms with van der Waals surface area (Å²) in [5.41, 5.74) is 0. The maximum absolute atomic E-state index is 11.0. The molecule has 1 atom stereocenters. The van der Waals surface area contributed by atoms with E-state index in [1.165, 1.54) is 11.8 Å². The highest BCUT2D eigenvalue weighted by atomic mass is 79.9. The molecule has 2 N–H and O–H groups in total. The molecule has 1 amide bonds. The van der Waals surface area contributed by atoms with Crippen LogP contribution in [0.2, 0.25) is 0 Å². The average molecular weight is 278 g/mol. The normalized spacial score (nSPS) is 12.5. The minimum absolute atomic E-state index is 0.319. The standard InChI is InChI=1S/C9H12BrNO2S/c1-6(12)9(13)11-5-4-7-2-3-8(10)14-7/h2-3,6,12H,4-5H2,1H3,(H,11,13). The quantitative estimate of drug-likeness (QED) is 0.878. The molecule has 0 aliphatic rings. The van der Waals surface area contributed by atoms with Crippen LogP contribution in [-0.4, -0.2) is 23.7 Å². The Hall–Kier alpha value is -0.390. The molecule has 0 aliphatic carbocycles. The van der Waals surface area contributed by atoms with E-state index in [-0.39, 0.29) is 5.91 Å². The first-order chi connectivity index (χ1) is 6.59. The van der Waals surface area contributed by atoms with Gasteiger partial charge < -0.3 is 10.4 Å². The molecule has 0 bridgehead atoms. The molecule has 1 heterocycles. The lowest BCUT2D eigenvalue weighted by Crippen LogP contribution is -2.33. The summed E-state index contributed by atoms with van der Waals surface area (Å²) in [6.45, 7) is 2.02. The molecule has 0 fully saturated rings. The fraction of sp³-hybridized carbons (Fsp3) is 0.444. The summed E-state index contributed by atoms with van der Waals surface area (Å²) in [4.78, 5) is 12.2. The average Bonchev–Trinajstić information content (AvgIpc) is 2.51. The summed E-state index contributed by atoms with van der Waals surface area (Å²) in [5.74, 6) is -0.319. The zero-order valence-corrected chi connectivity index (χ0v) is 10.2. The minimum Gasteiger partial charge on any atom is -0.384 e. The molecule has 0 spiro atoms. The first-order valence-electron chi connectivity index (χ1n) is 4.29. The number of amides is 1. The smallest absolute Gasteiger partial charge is 0.248 e. The van der Waals surface area contributed by atoms with E-state index in [0.29, 0.717) is 6.54 Å². The number of hydrogen-bond acceptors (Lipinski definition) is 3. The Morgan fingerprint density at radius 1 is 1.71 bits per heavy atom. The van der Waals surface area contributed by atoms with Gasteiger partial charge >= 0.3 is 0 Å². The van der Waals surface area contributed by atoms with Crippen molar-refractivity contribution in [1.82, 2.24) is 5.32 Å². The third kappa shape index (κ3) is 3.77. The van der Waals surface area contributed by atoms with E-state index in [2.05, 4.69) is 21.2 Å². The molecule has 1 aromatic heterocycles. The van der Waals surface area contributed by atoms with Gasteiger partial charge in [-0.2, -0.15) is 0 Å². The Bertz CT molecular complexity index is 312. The van der Waals surface area contributed by atoms with Crippen molar-refractivity contribution in [3.63, 3.8) is 0 Å². The van der Waals surface area contributed by atoms with Crippen molar-refractivity contribution in [3.8, 4) is 0 Å². The van der Waals surface area contributed by atoms with E-state index in [0.717, 1.165) is 10.2 Å². The van der Waals surface area contributed by atoms with Crippen molar-refractivity contribution in [3.05, 3.63) is 20.8 Å². The number of halogens is 1. The van der Waals surface area contributed by atoms with Crippen LogP contribution in [0.4, 0.5) is 0 Å². The summed E-state index contributed by atoms with van der Waals surface area (Å²) in [5, 5.41) is 11.5. The second-order valence-corrected chi connectivity index (χ2v) is 5.47. The molecule has 0 aromatic carbocycles. The topological polar surface area (TPSA) is 49.3 Å². The van der Waals surface area contributed by atoms with Crippen LogP contribution in [0.5, 0.6) is 0 Å². The minimum atomic E-state index is -0.926. The van der Waals surface area contributed by atoms with Crippen LogP contribution < -0.4 is 5.32 Å². The lowest BCUT2D eigenvalue weighted by Gasteiger charge is -2.05. The van der Waals surface area contributed by atoms with E-state index in [4.69, 9.17) is 5.11 Å². The van der Waals surface area contributed by atoms with E-state index in [1.807, 2.05) is 12.1 Å². The molecule has 0 aliphatic heterocycles. The van der Waals surface area contributed by atoms with Gasteiger partial charge in [0.15, 0.2) is 0 Å². The molecule has 78 valence electrons. The molecule has 5 heteroatoms. The number of rotatable bonds is 4. The Labute approximate surface area is 95.3 Å². The third-order valence-corrected chi connectivity index (χ3v) is 3.36. The first-order valence-corrected chi connectivity index (χ1v) is 5.90.